The van der Waals surface area contributed by atoms with Gasteiger partial charge in [-0.15, -0.1) is 0 Å². The smallest absolute Gasteiger partial charge is 0.415 e. The van der Waals surface area contributed by atoms with Gasteiger partial charge in [-0.2, -0.15) is 0 Å². The second-order valence-electron chi connectivity index (χ2n) is 9.35. The van der Waals surface area contributed by atoms with Crippen LogP contribution in [-0.2, 0) is 4.74 Å². The highest BCUT2D eigenvalue weighted by Gasteiger charge is 2.51. The van der Waals surface area contributed by atoms with Gasteiger partial charge in [0, 0.05) is 23.0 Å². The van der Waals surface area contributed by atoms with Crippen molar-refractivity contribution in [2.24, 2.45) is 0 Å². The molecule has 2 aliphatic rings. The summed E-state index contributed by atoms with van der Waals surface area (Å²) < 4.78 is 10.8. The zero-order valence-corrected chi connectivity index (χ0v) is 19.7. The van der Waals surface area contributed by atoms with Gasteiger partial charge >= 0.3 is 6.09 Å². The molecule has 3 aromatic rings. The molecular formula is C27H29N3O4. The average Bonchev–Trinajstić information content (AvgIpc) is 3.25. The number of nitrogens with zero attached hydrogens (tertiary/aromatic N) is 2. The fourth-order valence-corrected chi connectivity index (χ4v) is 5.07. The molecule has 0 spiro atoms. The number of hydrogen-bond donors (Lipinski definition) is 1. The van der Waals surface area contributed by atoms with Gasteiger partial charge in [0.25, 0.3) is 5.91 Å². The van der Waals surface area contributed by atoms with E-state index in [1.807, 2.05) is 75.4 Å². The predicted octanol–water partition coefficient (Wildman–Crippen LogP) is 5.14. The van der Waals surface area contributed by atoms with Crippen LogP contribution in [0.2, 0.25) is 0 Å². The van der Waals surface area contributed by atoms with Crippen molar-refractivity contribution in [2.45, 2.75) is 57.8 Å². The molecule has 2 heterocycles. The molecule has 1 aromatic heterocycles. The highest BCUT2D eigenvalue weighted by atomic mass is 16.6. The first-order valence-electron chi connectivity index (χ1n) is 11.8. The van der Waals surface area contributed by atoms with Crippen LogP contribution in [0, 0.1) is 0 Å². The van der Waals surface area contributed by atoms with Crippen LogP contribution >= 0.6 is 0 Å². The lowest BCUT2D eigenvalue weighted by Crippen LogP contribution is -2.65. The lowest BCUT2D eigenvalue weighted by Gasteiger charge is -2.49. The Morgan fingerprint density at radius 1 is 1.18 bits per heavy atom. The van der Waals surface area contributed by atoms with E-state index in [4.69, 9.17) is 14.5 Å². The van der Waals surface area contributed by atoms with Crippen LogP contribution in [0.25, 0.3) is 22.2 Å². The van der Waals surface area contributed by atoms with Crippen LogP contribution in [0.15, 0.2) is 54.6 Å². The number of ether oxygens (including phenoxy) is 2. The molecule has 2 fully saturated rings. The molecule has 176 valence electrons. The molecule has 1 N–H and O–H groups in total. The van der Waals surface area contributed by atoms with Gasteiger partial charge in [0.1, 0.15) is 5.75 Å². The third-order valence-corrected chi connectivity index (χ3v) is 6.64. The van der Waals surface area contributed by atoms with Crippen LogP contribution in [0.3, 0.4) is 0 Å². The van der Waals surface area contributed by atoms with Gasteiger partial charge < -0.3 is 14.8 Å². The molecule has 0 radical (unpaired) electrons. The highest BCUT2D eigenvalue weighted by molar-refractivity contribution is 6.07. The highest BCUT2D eigenvalue weighted by Crippen LogP contribution is 2.37. The fourth-order valence-electron chi connectivity index (χ4n) is 5.07. The molecule has 1 aliphatic heterocycles. The Balaban J connectivity index is 1.38. The average molecular weight is 460 g/mol. The normalized spacial score (nSPS) is 21.1. The van der Waals surface area contributed by atoms with E-state index in [0.717, 1.165) is 47.2 Å². The minimum absolute atomic E-state index is 0.00236. The summed E-state index contributed by atoms with van der Waals surface area (Å²) in [6.07, 6.45) is 2.12. The summed E-state index contributed by atoms with van der Waals surface area (Å²) >= 11 is 0. The van der Waals surface area contributed by atoms with Crippen LogP contribution in [0.4, 0.5) is 4.79 Å². The molecule has 2 unspecified atom stereocenters. The van der Waals surface area contributed by atoms with Crippen molar-refractivity contribution in [2.75, 3.05) is 6.61 Å². The summed E-state index contributed by atoms with van der Waals surface area (Å²) in [5, 5.41) is 4.02. The van der Waals surface area contributed by atoms with Gasteiger partial charge in [-0.05, 0) is 76.4 Å². The number of rotatable bonds is 6. The van der Waals surface area contributed by atoms with E-state index in [0.29, 0.717) is 12.2 Å². The molecule has 2 aromatic carbocycles. The van der Waals surface area contributed by atoms with Crippen LogP contribution in [-0.4, -0.2) is 46.3 Å². The number of aromatic nitrogens is 1. The third kappa shape index (κ3) is 4.06. The number of hydrogen-bond acceptors (Lipinski definition) is 5. The van der Waals surface area contributed by atoms with E-state index in [2.05, 4.69) is 5.32 Å². The van der Waals surface area contributed by atoms with Gasteiger partial charge in [0.15, 0.2) is 5.72 Å². The van der Waals surface area contributed by atoms with Crippen molar-refractivity contribution in [3.05, 3.63) is 60.2 Å². The van der Waals surface area contributed by atoms with Gasteiger partial charge in [-0.1, -0.05) is 18.2 Å². The van der Waals surface area contributed by atoms with E-state index < -0.39 is 5.72 Å². The van der Waals surface area contributed by atoms with E-state index in [-0.39, 0.29) is 24.1 Å². The zero-order chi connectivity index (χ0) is 23.9. The number of pyridine rings is 1. The molecule has 7 heteroatoms. The van der Waals surface area contributed by atoms with Crippen molar-refractivity contribution >= 4 is 22.9 Å². The first kappa shape index (κ1) is 22.2. The second kappa shape index (κ2) is 8.63. The van der Waals surface area contributed by atoms with Crippen molar-refractivity contribution in [3.63, 3.8) is 0 Å². The topological polar surface area (TPSA) is 80.8 Å². The molecule has 7 nitrogen and oxygen atoms in total. The monoisotopic (exact) mass is 459 g/mol. The summed E-state index contributed by atoms with van der Waals surface area (Å²) in [5.41, 5.74) is 2.45. The molecule has 34 heavy (non-hydrogen) atoms. The number of cyclic esters (lactones) is 1. The lowest BCUT2D eigenvalue weighted by atomic mass is 10.0. The number of fused-ring (bicyclic) bond motifs is 1. The van der Waals surface area contributed by atoms with Crippen LogP contribution < -0.4 is 10.1 Å². The zero-order valence-electron chi connectivity index (χ0n) is 19.7. The molecule has 2 amide bonds. The molecule has 1 aliphatic carbocycles. The van der Waals surface area contributed by atoms with E-state index in [1.54, 1.807) is 4.90 Å². The maximum absolute atomic E-state index is 13.4. The van der Waals surface area contributed by atoms with Gasteiger partial charge in [0.05, 0.1) is 23.4 Å². The standard InChI is InChI=1S/C27H29N3O4/c1-4-33-20-13-9-17(10-14-20)24-16-22(21-7-5-6-8-23(21)29-24)25(31)28-18-11-12-19(15-18)30-26(32)34-27(30,2)3/h5-10,13-14,16,18-19H,4,11-12,15H2,1-3H3,(H,28,31). The van der Waals surface area contributed by atoms with Gasteiger partial charge in [0.2, 0.25) is 0 Å². The third-order valence-electron chi connectivity index (χ3n) is 6.64. The Bertz CT molecular complexity index is 1240. The van der Waals surface area contributed by atoms with E-state index in [1.165, 1.54) is 0 Å². The maximum atomic E-state index is 13.4. The maximum Gasteiger partial charge on any atom is 0.415 e. The lowest BCUT2D eigenvalue weighted by molar-refractivity contribution is -0.178. The summed E-state index contributed by atoms with van der Waals surface area (Å²) in [7, 11) is 0. The van der Waals surface area contributed by atoms with Crippen LogP contribution in [0.1, 0.15) is 50.4 Å². The van der Waals surface area contributed by atoms with E-state index >= 15 is 0 Å². The number of benzene rings is 2. The summed E-state index contributed by atoms with van der Waals surface area (Å²) in [5.74, 6) is 0.678. The summed E-state index contributed by atoms with van der Waals surface area (Å²) in [4.78, 5) is 32.0. The summed E-state index contributed by atoms with van der Waals surface area (Å²) in [6.45, 7) is 6.35. The molecule has 5 rings (SSSR count). The van der Waals surface area contributed by atoms with Crippen molar-refractivity contribution < 1.29 is 19.1 Å². The van der Waals surface area contributed by atoms with Gasteiger partial charge in [-0.3, -0.25) is 9.69 Å². The first-order valence-corrected chi connectivity index (χ1v) is 11.8. The Kier molecular flexibility index (Phi) is 5.63. The quantitative estimate of drug-likeness (QED) is 0.552. The SMILES string of the molecule is CCOc1ccc(-c2cc(C(=O)NC3CCC(N4C(=O)OC4(C)C)C3)c3ccccc3n2)cc1. The molecule has 2 atom stereocenters. The Labute approximate surface area is 199 Å². The number of amides is 2. The molecule has 0 bridgehead atoms. The largest absolute Gasteiger partial charge is 0.494 e. The number of carbonyl (C=O) groups is 2. The van der Waals surface area contributed by atoms with Gasteiger partial charge in [-0.25, -0.2) is 9.78 Å². The molecule has 1 saturated carbocycles. The Morgan fingerprint density at radius 3 is 2.65 bits per heavy atom. The van der Waals surface area contributed by atoms with Crippen molar-refractivity contribution in [1.82, 2.24) is 15.2 Å². The van der Waals surface area contributed by atoms with E-state index in [9.17, 15) is 9.59 Å². The Hall–Kier alpha value is -3.61. The first-order chi connectivity index (χ1) is 16.4. The van der Waals surface area contributed by atoms with Crippen molar-refractivity contribution in [1.29, 1.82) is 0 Å². The number of para-hydroxylation sites is 1. The second-order valence-corrected chi connectivity index (χ2v) is 9.35. The fraction of sp³-hybridized carbons (Fsp3) is 0.370. The minimum atomic E-state index is -0.575. The van der Waals surface area contributed by atoms with Crippen LogP contribution in [0.5, 0.6) is 5.75 Å². The number of carbonyl (C=O) groups excluding carboxylic acids is 2. The number of nitrogens with one attached hydrogen (secondary N) is 1. The molecular weight excluding hydrogens is 430 g/mol. The molecule has 1 saturated heterocycles. The predicted molar refractivity (Wildman–Crippen MR) is 130 cm³/mol. The minimum Gasteiger partial charge on any atom is -0.494 e. The Morgan fingerprint density at radius 2 is 1.94 bits per heavy atom. The van der Waals surface area contributed by atoms with Crippen molar-refractivity contribution in [3.8, 4) is 17.0 Å². The summed E-state index contributed by atoms with van der Waals surface area (Å²) in [6, 6.07) is 17.4.